The highest BCUT2D eigenvalue weighted by Gasteiger charge is 2.34. The van der Waals surface area contributed by atoms with Crippen LogP contribution >= 0.6 is 11.3 Å². The van der Waals surface area contributed by atoms with E-state index >= 15 is 0 Å². The Bertz CT molecular complexity index is 618. The topological polar surface area (TPSA) is 32.3 Å². The Morgan fingerprint density at radius 2 is 1.95 bits per heavy atom. The van der Waals surface area contributed by atoms with E-state index in [1.54, 1.807) is 11.3 Å². The lowest BCUT2D eigenvalue weighted by Crippen LogP contribution is -2.60. The van der Waals surface area contributed by atoms with Crippen LogP contribution < -0.4 is 4.90 Å². The minimum atomic E-state index is 0.674. The second-order valence-electron chi connectivity index (χ2n) is 5.65. The van der Waals surface area contributed by atoms with Crippen LogP contribution in [0.3, 0.4) is 0 Å². The first-order valence-electron chi connectivity index (χ1n) is 7.15. The Hall–Kier alpha value is -1.46. The molecule has 104 valence electrons. The highest BCUT2D eigenvalue weighted by atomic mass is 32.1. The van der Waals surface area contributed by atoms with Gasteiger partial charge in [0.1, 0.15) is 5.01 Å². The van der Waals surface area contributed by atoms with Crippen molar-refractivity contribution in [2.45, 2.75) is 25.9 Å². The molecule has 1 fully saturated rings. The van der Waals surface area contributed by atoms with Crippen LogP contribution in [0.4, 0.5) is 5.13 Å². The summed E-state index contributed by atoms with van der Waals surface area (Å²) in [5.41, 5.74) is 3.03. The van der Waals surface area contributed by atoms with Crippen molar-refractivity contribution >= 4 is 16.5 Å². The van der Waals surface area contributed by atoms with Crippen molar-refractivity contribution in [3.8, 4) is 0 Å². The molecular formula is C15H18N4S. The number of aromatic nitrogens is 2. The molecule has 4 rings (SSSR count). The summed E-state index contributed by atoms with van der Waals surface area (Å²) >= 11 is 1.69. The Labute approximate surface area is 123 Å². The maximum Gasteiger partial charge on any atom is 0.208 e. The molecule has 0 amide bonds. The van der Waals surface area contributed by atoms with Crippen molar-refractivity contribution in [1.82, 2.24) is 15.1 Å². The van der Waals surface area contributed by atoms with E-state index < -0.39 is 0 Å². The number of hydrogen-bond donors (Lipinski definition) is 0. The van der Waals surface area contributed by atoms with E-state index in [-0.39, 0.29) is 0 Å². The number of aryl methyl sites for hydroxylation is 1. The van der Waals surface area contributed by atoms with Crippen LogP contribution in [0, 0.1) is 6.92 Å². The summed E-state index contributed by atoms with van der Waals surface area (Å²) < 4.78 is 0. The highest BCUT2D eigenvalue weighted by molar-refractivity contribution is 7.15. The van der Waals surface area contributed by atoms with Gasteiger partial charge < -0.3 is 4.90 Å². The third-order valence-electron chi connectivity index (χ3n) is 4.32. The van der Waals surface area contributed by atoms with Crippen molar-refractivity contribution in [3.63, 3.8) is 0 Å². The molecule has 0 N–H and O–H groups in total. The third-order valence-corrected chi connectivity index (χ3v) is 5.22. The van der Waals surface area contributed by atoms with Crippen molar-refractivity contribution in [2.24, 2.45) is 0 Å². The third kappa shape index (κ3) is 2.11. The van der Waals surface area contributed by atoms with Gasteiger partial charge in [0.2, 0.25) is 5.13 Å². The maximum absolute atomic E-state index is 4.23. The number of benzene rings is 1. The van der Waals surface area contributed by atoms with Crippen molar-refractivity contribution < 1.29 is 0 Å². The minimum absolute atomic E-state index is 0.674. The normalized spacial score (nSPS) is 19.8. The zero-order valence-corrected chi connectivity index (χ0v) is 12.4. The van der Waals surface area contributed by atoms with E-state index in [9.17, 15) is 0 Å². The number of anilines is 1. The fraction of sp³-hybridized carbons (Fsp3) is 0.467. The molecule has 1 saturated heterocycles. The summed E-state index contributed by atoms with van der Waals surface area (Å²) in [7, 11) is 0. The molecule has 1 aromatic heterocycles. The van der Waals surface area contributed by atoms with Gasteiger partial charge in [-0.2, -0.15) is 0 Å². The van der Waals surface area contributed by atoms with Gasteiger partial charge in [0.05, 0.1) is 0 Å². The lowest BCUT2D eigenvalue weighted by molar-refractivity contribution is 0.150. The van der Waals surface area contributed by atoms with Crippen molar-refractivity contribution in [2.75, 3.05) is 24.5 Å². The largest absolute Gasteiger partial charge is 0.343 e. The van der Waals surface area contributed by atoms with E-state index in [4.69, 9.17) is 0 Å². The van der Waals surface area contributed by atoms with Gasteiger partial charge in [-0.25, -0.2) is 0 Å². The van der Waals surface area contributed by atoms with Crippen LogP contribution in [-0.4, -0.2) is 40.8 Å². The second kappa shape index (κ2) is 4.82. The van der Waals surface area contributed by atoms with Crippen LogP contribution in [0.1, 0.15) is 16.1 Å². The Balaban J connectivity index is 1.40. The molecule has 2 aliphatic heterocycles. The first kappa shape index (κ1) is 12.3. The minimum Gasteiger partial charge on any atom is -0.343 e. The number of fused-ring (bicyclic) bond motifs is 1. The molecule has 20 heavy (non-hydrogen) atoms. The van der Waals surface area contributed by atoms with Crippen molar-refractivity contribution in [1.29, 1.82) is 0 Å². The zero-order valence-electron chi connectivity index (χ0n) is 11.6. The molecular weight excluding hydrogens is 268 g/mol. The fourth-order valence-corrected chi connectivity index (χ4v) is 3.79. The van der Waals surface area contributed by atoms with Gasteiger partial charge in [-0.3, -0.25) is 4.90 Å². The highest BCUT2D eigenvalue weighted by Crippen LogP contribution is 2.29. The SMILES string of the molecule is Cc1nnc(N2CC(N3CCc4ccccc4C3)C2)s1. The van der Waals surface area contributed by atoms with E-state index in [0.717, 1.165) is 29.8 Å². The summed E-state index contributed by atoms with van der Waals surface area (Å²) in [5, 5.41) is 10.5. The molecule has 0 saturated carbocycles. The number of hydrogen-bond acceptors (Lipinski definition) is 5. The molecule has 0 radical (unpaired) electrons. The second-order valence-corrected chi connectivity index (χ2v) is 6.81. The van der Waals surface area contributed by atoms with Crippen LogP contribution in [0.15, 0.2) is 24.3 Å². The molecule has 5 heteroatoms. The van der Waals surface area contributed by atoms with Crippen molar-refractivity contribution in [3.05, 3.63) is 40.4 Å². The van der Waals surface area contributed by atoms with E-state index in [2.05, 4.69) is 44.3 Å². The summed E-state index contributed by atoms with van der Waals surface area (Å²) in [4.78, 5) is 4.96. The van der Waals surface area contributed by atoms with Gasteiger partial charge in [-0.05, 0) is 24.5 Å². The number of rotatable bonds is 2. The molecule has 0 bridgehead atoms. The summed E-state index contributed by atoms with van der Waals surface area (Å²) in [6.07, 6.45) is 1.19. The van der Waals surface area contributed by atoms with Crippen LogP contribution in [0.2, 0.25) is 0 Å². The summed E-state index contributed by atoms with van der Waals surface area (Å²) in [5.74, 6) is 0. The quantitative estimate of drug-likeness (QED) is 0.846. The van der Waals surface area contributed by atoms with E-state index in [1.165, 1.54) is 24.1 Å². The Morgan fingerprint density at radius 3 is 2.70 bits per heavy atom. The zero-order chi connectivity index (χ0) is 13.5. The molecule has 4 nitrogen and oxygen atoms in total. The molecule has 0 unspecified atom stereocenters. The first-order chi connectivity index (χ1) is 9.79. The molecule has 1 aromatic carbocycles. The molecule has 0 aliphatic carbocycles. The predicted octanol–water partition coefficient (Wildman–Crippen LogP) is 2.09. The van der Waals surface area contributed by atoms with E-state index in [0.29, 0.717) is 6.04 Å². The lowest BCUT2D eigenvalue weighted by atomic mass is 9.97. The summed E-state index contributed by atoms with van der Waals surface area (Å²) in [6, 6.07) is 9.51. The fourth-order valence-electron chi connectivity index (χ4n) is 3.09. The van der Waals surface area contributed by atoms with Gasteiger partial charge in [0.15, 0.2) is 0 Å². The van der Waals surface area contributed by atoms with Crippen LogP contribution in [0.5, 0.6) is 0 Å². The molecule has 0 atom stereocenters. The molecule has 2 aliphatic rings. The predicted molar refractivity (Wildman–Crippen MR) is 81.2 cm³/mol. The average Bonchev–Trinajstić information content (AvgIpc) is 2.83. The van der Waals surface area contributed by atoms with Crippen LogP contribution in [-0.2, 0) is 13.0 Å². The molecule has 2 aromatic rings. The van der Waals surface area contributed by atoms with Gasteiger partial charge >= 0.3 is 0 Å². The van der Waals surface area contributed by atoms with Gasteiger partial charge in [0.25, 0.3) is 0 Å². The average molecular weight is 286 g/mol. The van der Waals surface area contributed by atoms with E-state index in [1.807, 2.05) is 6.92 Å². The summed E-state index contributed by atoms with van der Waals surface area (Å²) in [6.45, 7) is 6.49. The monoisotopic (exact) mass is 286 g/mol. The van der Waals surface area contributed by atoms with Gasteiger partial charge in [-0.1, -0.05) is 35.6 Å². The van der Waals surface area contributed by atoms with Crippen LogP contribution in [0.25, 0.3) is 0 Å². The lowest BCUT2D eigenvalue weighted by Gasteiger charge is -2.46. The van der Waals surface area contributed by atoms with Gasteiger partial charge in [-0.15, -0.1) is 10.2 Å². The Morgan fingerprint density at radius 1 is 1.15 bits per heavy atom. The number of nitrogens with zero attached hydrogens (tertiary/aromatic N) is 4. The maximum atomic E-state index is 4.23. The Kier molecular flexibility index (Phi) is 2.97. The smallest absolute Gasteiger partial charge is 0.208 e. The first-order valence-corrected chi connectivity index (χ1v) is 7.97. The molecule has 3 heterocycles. The standard InChI is InChI=1S/C15H18N4S/c1-11-16-17-15(20-11)19-9-14(10-19)18-7-6-12-4-2-3-5-13(12)8-18/h2-5,14H,6-10H2,1H3. The molecule has 0 spiro atoms. The van der Waals surface area contributed by atoms with Gasteiger partial charge in [0, 0.05) is 32.2 Å².